The van der Waals surface area contributed by atoms with Crippen molar-refractivity contribution in [3.05, 3.63) is 0 Å². The van der Waals surface area contributed by atoms with Gasteiger partial charge in [0.1, 0.15) is 0 Å². The Balaban J connectivity index is 4.19. The normalized spacial score (nSPS) is 26.7. The Bertz CT molecular complexity index is 121. The predicted octanol–water partition coefficient (Wildman–Crippen LogP) is 0.727. The van der Waals surface area contributed by atoms with E-state index in [1.165, 1.54) is 0 Å². The van der Waals surface area contributed by atoms with Crippen molar-refractivity contribution in [1.82, 2.24) is 0 Å². The molecule has 0 saturated heterocycles. The fourth-order valence-electron chi connectivity index (χ4n) is 0. The molecule has 0 fully saturated rings. The second kappa shape index (κ2) is 1.80. The molecular formula is C4H8O2. The molecule has 0 heterocycles. The first-order chi connectivity index (χ1) is 3.89. The summed E-state index contributed by atoms with van der Waals surface area (Å²) in [4.78, 5) is 10.0. The molecule has 0 bridgehead atoms. The first kappa shape index (κ1) is 1.96. The Morgan fingerprint density at radius 3 is 2.83 bits per heavy atom. The van der Waals surface area contributed by atoms with E-state index in [9.17, 15) is 4.79 Å². The molecule has 0 aliphatic rings. The highest BCUT2D eigenvalue weighted by molar-refractivity contribution is 5.68. The maximum Gasteiger partial charge on any atom is 0.305 e. The predicted molar refractivity (Wildman–Crippen MR) is 22.5 cm³/mol. The molecule has 1 atom stereocenters. The lowest BCUT2D eigenvalue weighted by molar-refractivity contribution is -0.140. The standard InChI is InChI=1S/C4H8O2/c1-3(2)4(5)6/h3H,1-2H3,(H,5,6)/i1D2,3D. The second-order valence-corrected chi connectivity index (χ2v) is 0.988. The summed E-state index contributed by atoms with van der Waals surface area (Å²) in [5.41, 5.74) is 0. The summed E-state index contributed by atoms with van der Waals surface area (Å²) in [5.74, 6) is -3.43. The summed E-state index contributed by atoms with van der Waals surface area (Å²) in [5, 5.41) is 8.18. The number of carboxylic acids is 1. The minimum atomic E-state index is -2.00. The number of carbonyl (C=O) groups is 1. The smallest absolute Gasteiger partial charge is 0.305 e. The Morgan fingerprint density at radius 1 is 2.33 bits per heavy atom. The Hall–Kier alpha value is -0.530. The van der Waals surface area contributed by atoms with Crippen molar-refractivity contribution in [1.29, 1.82) is 0 Å². The van der Waals surface area contributed by atoms with Crippen LogP contribution in [0.5, 0.6) is 0 Å². The molecule has 2 heteroatoms. The fourth-order valence-corrected chi connectivity index (χ4v) is 0. The first-order valence-corrected chi connectivity index (χ1v) is 1.47. The van der Waals surface area contributed by atoms with Crippen LogP contribution in [0.25, 0.3) is 0 Å². The van der Waals surface area contributed by atoms with Crippen molar-refractivity contribution >= 4 is 5.97 Å². The van der Waals surface area contributed by atoms with Gasteiger partial charge in [-0.05, 0) is 0 Å². The highest BCUT2D eigenvalue weighted by atomic mass is 16.4. The number of hydrogen-bond donors (Lipinski definition) is 1. The number of carboxylic acid groups (broad SMARTS) is 1. The maximum absolute atomic E-state index is 10.0. The molecule has 0 rings (SSSR count). The van der Waals surface area contributed by atoms with Crippen LogP contribution in [0.15, 0.2) is 0 Å². The van der Waals surface area contributed by atoms with E-state index in [-0.39, 0.29) is 0 Å². The van der Waals surface area contributed by atoms with Gasteiger partial charge in [-0.1, -0.05) is 13.8 Å². The molecule has 0 aromatic heterocycles. The molecule has 1 N–H and O–H groups in total. The summed E-state index contributed by atoms with van der Waals surface area (Å²) < 4.78 is 20.1. The van der Waals surface area contributed by atoms with Crippen molar-refractivity contribution in [2.24, 2.45) is 5.89 Å². The van der Waals surface area contributed by atoms with E-state index in [2.05, 4.69) is 0 Å². The van der Waals surface area contributed by atoms with E-state index in [0.29, 0.717) is 0 Å². The molecule has 0 aromatic rings. The van der Waals surface area contributed by atoms with Crippen molar-refractivity contribution in [2.75, 3.05) is 0 Å². The van der Waals surface area contributed by atoms with Crippen molar-refractivity contribution in [3.63, 3.8) is 0 Å². The van der Waals surface area contributed by atoms with Crippen LogP contribution in [-0.2, 0) is 4.79 Å². The van der Waals surface area contributed by atoms with Crippen LogP contribution >= 0.6 is 0 Å². The maximum atomic E-state index is 10.0. The zero-order valence-electron chi connectivity index (χ0n) is 6.43. The minimum Gasteiger partial charge on any atom is -0.481 e. The van der Waals surface area contributed by atoms with Gasteiger partial charge in [0.15, 0.2) is 0 Å². The van der Waals surface area contributed by atoms with Gasteiger partial charge in [0.2, 0.25) is 0 Å². The van der Waals surface area contributed by atoms with Gasteiger partial charge in [-0.3, -0.25) is 4.79 Å². The minimum absolute atomic E-state index is 1.03. The molecule has 1 unspecified atom stereocenters. The van der Waals surface area contributed by atoms with E-state index in [0.717, 1.165) is 6.92 Å². The topological polar surface area (TPSA) is 37.3 Å². The molecule has 2 nitrogen and oxygen atoms in total. The van der Waals surface area contributed by atoms with Gasteiger partial charge in [-0.2, -0.15) is 0 Å². The first-order valence-electron chi connectivity index (χ1n) is 3.12. The van der Waals surface area contributed by atoms with Gasteiger partial charge in [-0.25, -0.2) is 0 Å². The van der Waals surface area contributed by atoms with Crippen molar-refractivity contribution in [2.45, 2.75) is 13.8 Å². The van der Waals surface area contributed by atoms with Gasteiger partial charge < -0.3 is 5.11 Å². The Kier molecular flexibility index (Phi) is 0.587. The van der Waals surface area contributed by atoms with E-state index < -0.39 is 18.7 Å². The molecule has 0 radical (unpaired) electrons. The summed E-state index contributed by atoms with van der Waals surface area (Å²) >= 11 is 0. The lowest BCUT2D eigenvalue weighted by Crippen LogP contribution is -2.03. The lowest BCUT2D eigenvalue weighted by Gasteiger charge is -1.89. The monoisotopic (exact) mass is 91.1 g/mol. The average Bonchev–Trinajstić information content (AvgIpc) is 1.65. The number of hydrogen-bond acceptors (Lipinski definition) is 1. The number of aliphatic carboxylic acids is 1. The third-order valence-electron chi connectivity index (χ3n) is 0.337. The van der Waals surface area contributed by atoms with Crippen molar-refractivity contribution < 1.29 is 14.0 Å². The molecule has 0 saturated carbocycles. The molecule has 36 valence electrons. The SMILES string of the molecule is [2H]C([2H])C([2H])(C)C(=O)O. The van der Waals surface area contributed by atoms with Crippen LogP contribution in [0.2, 0.25) is 0 Å². The zero-order valence-corrected chi connectivity index (χ0v) is 3.43. The molecule has 0 spiro atoms. The van der Waals surface area contributed by atoms with Gasteiger partial charge in [-0.15, -0.1) is 0 Å². The molecule has 6 heavy (non-hydrogen) atoms. The van der Waals surface area contributed by atoms with Crippen LogP contribution in [0.3, 0.4) is 0 Å². The summed E-state index contributed by atoms with van der Waals surface area (Å²) in [7, 11) is 0. The number of rotatable bonds is 1. The van der Waals surface area contributed by atoms with Crippen LogP contribution in [0, 0.1) is 5.89 Å². The van der Waals surface area contributed by atoms with Gasteiger partial charge in [0.25, 0.3) is 0 Å². The third-order valence-corrected chi connectivity index (χ3v) is 0.337. The van der Waals surface area contributed by atoms with Gasteiger partial charge >= 0.3 is 5.97 Å². The third kappa shape index (κ3) is 1.76. The van der Waals surface area contributed by atoms with Gasteiger partial charge in [0, 0.05) is 4.11 Å². The molecule has 0 amide bonds. The van der Waals surface area contributed by atoms with Crippen molar-refractivity contribution in [3.8, 4) is 0 Å². The lowest BCUT2D eigenvalue weighted by atomic mass is 10.2. The largest absolute Gasteiger partial charge is 0.481 e. The zero-order chi connectivity index (χ0) is 7.65. The second-order valence-electron chi connectivity index (χ2n) is 0.988. The Morgan fingerprint density at radius 2 is 2.83 bits per heavy atom. The average molecular weight is 91.1 g/mol. The van der Waals surface area contributed by atoms with E-state index in [4.69, 9.17) is 9.22 Å². The highest BCUT2D eigenvalue weighted by Crippen LogP contribution is 1.87. The van der Waals surface area contributed by atoms with Crippen LogP contribution in [0.4, 0.5) is 0 Å². The highest BCUT2D eigenvalue weighted by Gasteiger charge is 1.99. The summed E-state index contributed by atoms with van der Waals surface area (Å²) in [6.07, 6.45) is 0. The fraction of sp³-hybridized carbons (Fsp3) is 0.750. The van der Waals surface area contributed by atoms with Crippen LogP contribution in [-0.4, -0.2) is 11.1 Å². The van der Waals surface area contributed by atoms with E-state index >= 15 is 0 Å². The molecule has 0 aromatic carbocycles. The summed E-state index contributed by atoms with van der Waals surface area (Å²) in [6.45, 7) is -0.616. The molecular weight excluding hydrogens is 80.0 g/mol. The van der Waals surface area contributed by atoms with Gasteiger partial charge in [0.05, 0.1) is 5.89 Å². The summed E-state index contributed by atoms with van der Waals surface area (Å²) in [6, 6.07) is 0. The van der Waals surface area contributed by atoms with Crippen LogP contribution in [0.1, 0.15) is 17.9 Å². The quantitative estimate of drug-likeness (QED) is 0.516. The van der Waals surface area contributed by atoms with Crippen LogP contribution < -0.4 is 0 Å². The van der Waals surface area contributed by atoms with E-state index in [1.54, 1.807) is 0 Å². The molecule has 0 aliphatic carbocycles. The Labute approximate surface area is 41.0 Å². The van der Waals surface area contributed by atoms with E-state index in [1.807, 2.05) is 0 Å². The molecule has 0 aliphatic heterocycles.